The highest BCUT2D eigenvalue weighted by Crippen LogP contribution is 2.32. The van der Waals surface area contributed by atoms with E-state index in [1.807, 2.05) is 43.3 Å². The number of allylic oxidation sites excluding steroid dienone is 1. The van der Waals surface area contributed by atoms with Gasteiger partial charge < -0.3 is 4.74 Å². The lowest BCUT2D eigenvalue weighted by molar-refractivity contribution is -0.143. The largest absolute Gasteiger partial charge is 0.460 e. The van der Waals surface area contributed by atoms with Crippen molar-refractivity contribution in [1.82, 2.24) is 0 Å². The second-order valence-corrected chi connectivity index (χ2v) is 10.6. The van der Waals surface area contributed by atoms with E-state index in [1.165, 1.54) is 15.9 Å². The number of hydrogen-bond donors (Lipinski definition) is 0. The van der Waals surface area contributed by atoms with E-state index >= 15 is 0 Å². The van der Waals surface area contributed by atoms with Crippen molar-refractivity contribution in [1.29, 1.82) is 0 Å². The smallest absolute Gasteiger partial charge is 0.323 e. The highest BCUT2D eigenvalue weighted by molar-refractivity contribution is 9.10. The number of esters is 1. The van der Waals surface area contributed by atoms with Crippen LogP contribution in [0.3, 0.4) is 0 Å². The first-order chi connectivity index (χ1) is 16.7. The number of rotatable bonds is 7. The average Bonchev–Trinajstić information content (AvgIpc) is 2.90. The van der Waals surface area contributed by atoms with Crippen molar-refractivity contribution in [3.8, 4) is 0 Å². The van der Waals surface area contributed by atoms with Crippen LogP contribution in [0, 0.1) is 0 Å². The first kappa shape index (κ1) is 25.6. The molecule has 0 aliphatic rings. The molecule has 0 radical (unpaired) electrons. The molecule has 1 atom stereocenters. The van der Waals surface area contributed by atoms with Gasteiger partial charge in [-0.2, -0.15) is 0 Å². The van der Waals surface area contributed by atoms with Gasteiger partial charge in [-0.1, -0.05) is 149 Å². The molecule has 2 nitrogen and oxygen atoms in total. The third kappa shape index (κ3) is 8.09. The quantitative estimate of drug-likeness (QED) is 0.118. The molecule has 0 saturated carbocycles. The van der Waals surface area contributed by atoms with Gasteiger partial charge in [0.1, 0.15) is 11.4 Å². The van der Waals surface area contributed by atoms with Crippen molar-refractivity contribution in [2.75, 3.05) is 0 Å². The standard InChI is InChI=1S/C18H15P.C12H13BrO2/c1-4-10-16(11-5-1)19(17-12-6-2-7-13-17)18-14-8-3-9-15-18;1-2-6-11(13)12(14)15-9-10-7-4-3-5-8-10/h1-15H;2-8,11H,9H2,1H3/b;6-2+. The van der Waals surface area contributed by atoms with Gasteiger partial charge in [0.2, 0.25) is 0 Å². The molecule has 0 N–H and O–H groups in total. The SMILES string of the molecule is C/C=C/C(Br)C(=O)OCc1ccccc1.c1ccc(P(c2ccccc2)c2ccccc2)cc1. The Morgan fingerprint density at radius 1 is 0.735 bits per heavy atom. The van der Waals surface area contributed by atoms with Crippen molar-refractivity contribution in [3.63, 3.8) is 0 Å². The number of carbonyl (C=O) groups is 1. The van der Waals surface area contributed by atoms with Crippen molar-refractivity contribution in [2.45, 2.75) is 18.4 Å². The lowest BCUT2D eigenvalue weighted by Crippen LogP contribution is -2.20. The van der Waals surface area contributed by atoms with Gasteiger partial charge in [-0.3, -0.25) is 4.79 Å². The van der Waals surface area contributed by atoms with E-state index in [2.05, 4.69) is 107 Å². The van der Waals surface area contributed by atoms with Crippen LogP contribution in [0.5, 0.6) is 0 Å². The van der Waals surface area contributed by atoms with Gasteiger partial charge >= 0.3 is 5.97 Å². The number of halogens is 1. The Balaban J connectivity index is 0.000000197. The third-order valence-electron chi connectivity index (χ3n) is 4.85. The fourth-order valence-electron chi connectivity index (χ4n) is 3.23. The Bertz CT molecular complexity index is 1040. The zero-order chi connectivity index (χ0) is 24.0. The van der Waals surface area contributed by atoms with Gasteiger partial charge in [0.05, 0.1) is 0 Å². The predicted molar refractivity (Wildman–Crippen MR) is 149 cm³/mol. The summed E-state index contributed by atoms with van der Waals surface area (Å²) in [5.74, 6) is -0.267. The topological polar surface area (TPSA) is 26.3 Å². The number of benzene rings is 4. The van der Waals surface area contributed by atoms with Crippen LogP contribution in [0.4, 0.5) is 0 Å². The zero-order valence-electron chi connectivity index (χ0n) is 19.1. The Labute approximate surface area is 212 Å². The summed E-state index contributed by atoms with van der Waals surface area (Å²) in [4.78, 5) is 11.0. The molecular weight excluding hydrogens is 503 g/mol. The van der Waals surface area contributed by atoms with Crippen LogP contribution in [0.25, 0.3) is 0 Å². The summed E-state index contributed by atoms with van der Waals surface area (Å²) < 4.78 is 5.11. The number of hydrogen-bond acceptors (Lipinski definition) is 2. The molecule has 1 unspecified atom stereocenters. The van der Waals surface area contributed by atoms with E-state index < -0.39 is 7.92 Å². The van der Waals surface area contributed by atoms with E-state index in [-0.39, 0.29) is 10.8 Å². The minimum Gasteiger partial charge on any atom is -0.460 e. The van der Waals surface area contributed by atoms with Gasteiger partial charge in [-0.15, -0.1) is 0 Å². The highest BCUT2D eigenvalue weighted by Gasteiger charge is 2.15. The van der Waals surface area contributed by atoms with Gasteiger partial charge in [0, 0.05) is 0 Å². The Morgan fingerprint density at radius 2 is 1.12 bits per heavy atom. The normalized spacial score (nSPS) is 11.5. The lowest BCUT2D eigenvalue weighted by Gasteiger charge is -2.18. The van der Waals surface area contributed by atoms with Crippen LogP contribution in [-0.2, 0) is 16.1 Å². The summed E-state index contributed by atoms with van der Waals surface area (Å²) in [6.45, 7) is 2.18. The number of alkyl halides is 1. The van der Waals surface area contributed by atoms with Gasteiger partial charge in [0.25, 0.3) is 0 Å². The molecule has 0 fully saturated rings. The monoisotopic (exact) mass is 530 g/mol. The Morgan fingerprint density at radius 3 is 1.50 bits per heavy atom. The minimum atomic E-state index is -0.446. The van der Waals surface area contributed by atoms with Crippen LogP contribution >= 0.6 is 23.9 Å². The second-order valence-electron chi connectivity index (χ2n) is 7.36. The molecule has 172 valence electrons. The minimum absolute atomic E-state index is 0.267. The van der Waals surface area contributed by atoms with Gasteiger partial charge in [0.15, 0.2) is 0 Å². The summed E-state index contributed by atoms with van der Waals surface area (Å²) in [5, 5.41) is 4.19. The summed E-state index contributed by atoms with van der Waals surface area (Å²) >= 11 is 3.22. The molecule has 4 aromatic rings. The molecule has 0 aliphatic heterocycles. The fraction of sp³-hybridized carbons (Fsp3) is 0.100. The molecule has 0 spiro atoms. The van der Waals surface area contributed by atoms with Crippen LogP contribution in [0.2, 0.25) is 0 Å². The van der Waals surface area contributed by atoms with Crippen molar-refractivity contribution < 1.29 is 9.53 Å². The maximum atomic E-state index is 11.4. The highest BCUT2D eigenvalue weighted by atomic mass is 79.9. The van der Waals surface area contributed by atoms with E-state index in [9.17, 15) is 4.79 Å². The summed E-state index contributed by atoms with van der Waals surface area (Å²) in [6, 6.07) is 41.9. The zero-order valence-corrected chi connectivity index (χ0v) is 21.6. The molecule has 0 bridgehead atoms. The van der Waals surface area contributed by atoms with E-state index in [4.69, 9.17) is 4.74 Å². The fourth-order valence-corrected chi connectivity index (χ4v) is 5.98. The van der Waals surface area contributed by atoms with E-state index in [1.54, 1.807) is 6.08 Å². The van der Waals surface area contributed by atoms with Gasteiger partial charge in [-0.05, 0) is 36.3 Å². The molecule has 4 aromatic carbocycles. The first-order valence-corrected chi connectivity index (χ1v) is 13.4. The van der Waals surface area contributed by atoms with E-state index in [0.717, 1.165) is 5.56 Å². The van der Waals surface area contributed by atoms with Crippen LogP contribution < -0.4 is 15.9 Å². The predicted octanol–water partition coefficient (Wildman–Crippen LogP) is 6.51. The van der Waals surface area contributed by atoms with Crippen molar-refractivity contribution in [3.05, 3.63) is 139 Å². The molecule has 0 saturated heterocycles. The third-order valence-corrected chi connectivity index (χ3v) is 7.98. The number of carbonyl (C=O) groups excluding carboxylic acids is 1. The number of ether oxygens (including phenoxy) is 1. The second kappa shape index (κ2) is 14.3. The van der Waals surface area contributed by atoms with Crippen LogP contribution in [-0.4, -0.2) is 10.8 Å². The summed E-state index contributed by atoms with van der Waals surface area (Å²) in [5.41, 5.74) is 0.992. The van der Waals surface area contributed by atoms with Crippen LogP contribution in [0.15, 0.2) is 133 Å². The van der Waals surface area contributed by atoms with Crippen molar-refractivity contribution >= 4 is 45.7 Å². The Hall–Kier alpha value is -3.00. The molecule has 4 rings (SSSR count). The van der Waals surface area contributed by atoms with Gasteiger partial charge in [-0.25, -0.2) is 0 Å². The lowest BCUT2D eigenvalue weighted by atomic mass is 10.2. The molecule has 0 aliphatic carbocycles. The molecule has 4 heteroatoms. The average molecular weight is 531 g/mol. The maximum absolute atomic E-state index is 11.4. The molecule has 0 aromatic heterocycles. The Kier molecular flexibility index (Phi) is 10.8. The molecule has 34 heavy (non-hydrogen) atoms. The van der Waals surface area contributed by atoms with E-state index in [0.29, 0.717) is 6.61 Å². The van der Waals surface area contributed by atoms with Crippen molar-refractivity contribution in [2.24, 2.45) is 0 Å². The summed E-state index contributed by atoms with van der Waals surface area (Å²) in [6.07, 6.45) is 3.55. The summed E-state index contributed by atoms with van der Waals surface area (Å²) in [7, 11) is -0.446. The molecule has 0 heterocycles. The van der Waals surface area contributed by atoms with Crippen LogP contribution in [0.1, 0.15) is 12.5 Å². The maximum Gasteiger partial charge on any atom is 0.323 e. The molecular formula is C30H28BrO2P. The molecule has 0 amide bonds. The first-order valence-electron chi connectivity index (χ1n) is 11.1.